The first-order chi connectivity index (χ1) is 13.8. The van der Waals surface area contributed by atoms with Gasteiger partial charge in [0.2, 0.25) is 5.89 Å². The van der Waals surface area contributed by atoms with E-state index in [1.807, 2.05) is 51.0 Å². The van der Waals surface area contributed by atoms with E-state index in [0.717, 1.165) is 22.6 Å². The van der Waals surface area contributed by atoms with E-state index < -0.39 is 0 Å². The average molecular weight is 396 g/mol. The molecule has 1 atom stereocenters. The molecule has 3 aromatic rings. The van der Waals surface area contributed by atoms with E-state index in [0.29, 0.717) is 18.1 Å². The minimum Gasteiger partial charge on any atom is -0.441 e. The van der Waals surface area contributed by atoms with Crippen molar-refractivity contribution in [1.82, 2.24) is 15.2 Å². The highest BCUT2D eigenvalue weighted by molar-refractivity contribution is 5.89. The number of nitrogens with zero attached hydrogens (tertiary/aromatic N) is 2. The van der Waals surface area contributed by atoms with Crippen LogP contribution in [0.3, 0.4) is 0 Å². The van der Waals surface area contributed by atoms with Crippen molar-refractivity contribution in [1.29, 1.82) is 0 Å². The molecule has 2 amide bonds. The van der Waals surface area contributed by atoms with Crippen LogP contribution in [0.25, 0.3) is 11.5 Å². The number of hydrogen-bond acceptors (Lipinski definition) is 4. The van der Waals surface area contributed by atoms with Crippen LogP contribution < -0.4 is 10.6 Å². The number of hydrogen-bond donors (Lipinski definition) is 2. The fourth-order valence-corrected chi connectivity index (χ4v) is 3.00. The molecule has 3 rings (SSSR count). The lowest BCUT2D eigenvalue weighted by atomic mass is 10.1. The van der Waals surface area contributed by atoms with E-state index >= 15 is 0 Å². The summed E-state index contributed by atoms with van der Waals surface area (Å²) in [5, 5.41) is 5.67. The Kier molecular flexibility index (Phi) is 6.29. The van der Waals surface area contributed by atoms with Gasteiger partial charge < -0.3 is 20.0 Å². The molecule has 1 unspecified atom stereocenters. The summed E-state index contributed by atoms with van der Waals surface area (Å²) in [6.07, 6.45) is 0. The van der Waals surface area contributed by atoms with Crippen molar-refractivity contribution in [2.75, 3.05) is 26.0 Å². The Morgan fingerprint density at radius 1 is 1.17 bits per heavy atom. The van der Waals surface area contributed by atoms with Gasteiger partial charge >= 0.3 is 6.03 Å². The molecule has 0 fully saturated rings. The summed E-state index contributed by atoms with van der Waals surface area (Å²) < 4.78 is 19.2. The largest absolute Gasteiger partial charge is 0.441 e. The first-order valence-corrected chi connectivity index (χ1v) is 9.34. The molecule has 0 spiro atoms. The van der Waals surface area contributed by atoms with Crippen molar-refractivity contribution in [2.45, 2.75) is 19.9 Å². The van der Waals surface area contributed by atoms with Crippen molar-refractivity contribution in [3.63, 3.8) is 0 Å². The zero-order chi connectivity index (χ0) is 21.0. The SMILES string of the molecule is Cc1nc(-c2cccc(NC(=O)NCC(c3cccc(F)c3)N(C)C)c2)oc1C. The van der Waals surface area contributed by atoms with Crippen LogP contribution in [-0.4, -0.2) is 36.6 Å². The molecule has 0 aliphatic rings. The molecule has 0 saturated carbocycles. The number of oxazole rings is 1. The lowest BCUT2D eigenvalue weighted by Gasteiger charge is -2.25. The predicted molar refractivity (Wildman–Crippen MR) is 111 cm³/mol. The van der Waals surface area contributed by atoms with Crippen molar-refractivity contribution in [3.8, 4) is 11.5 Å². The molecule has 0 saturated heterocycles. The Hall–Kier alpha value is -3.19. The molecule has 0 aliphatic carbocycles. The molecule has 0 bridgehead atoms. The minimum atomic E-state index is -0.342. The summed E-state index contributed by atoms with van der Waals surface area (Å²) >= 11 is 0. The molecule has 0 radical (unpaired) electrons. The van der Waals surface area contributed by atoms with Crippen LogP contribution in [0.5, 0.6) is 0 Å². The smallest absolute Gasteiger partial charge is 0.319 e. The molecular formula is C22H25FN4O2. The second kappa shape index (κ2) is 8.87. The van der Waals surface area contributed by atoms with Crippen molar-refractivity contribution in [3.05, 3.63) is 71.4 Å². The van der Waals surface area contributed by atoms with Gasteiger partial charge in [-0.2, -0.15) is 0 Å². The first-order valence-electron chi connectivity index (χ1n) is 9.34. The molecule has 1 aromatic heterocycles. The Morgan fingerprint density at radius 2 is 1.93 bits per heavy atom. The third-order valence-corrected chi connectivity index (χ3v) is 4.71. The van der Waals surface area contributed by atoms with Gasteiger partial charge in [-0.3, -0.25) is 0 Å². The highest BCUT2D eigenvalue weighted by atomic mass is 19.1. The van der Waals surface area contributed by atoms with Crippen LogP contribution in [0.15, 0.2) is 52.9 Å². The molecule has 1 heterocycles. The summed E-state index contributed by atoms with van der Waals surface area (Å²) in [7, 11) is 3.78. The van der Waals surface area contributed by atoms with Crippen LogP contribution in [0.4, 0.5) is 14.9 Å². The van der Waals surface area contributed by atoms with Crippen molar-refractivity contribution < 1.29 is 13.6 Å². The number of aromatic nitrogens is 1. The van der Waals surface area contributed by atoms with Gasteiger partial charge in [0.25, 0.3) is 0 Å². The van der Waals surface area contributed by atoms with Gasteiger partial charge in [0.15, 0.2) is 0 Å². The van der Waals surface area contributed by atoms with E-state index in [2.05, 4.69) is 15.6 Å². The number of carbonyl (C=O) groups is 1. The van der Waals surface area contributed by atoms with E-state index in [9.17, 15) is 9.18 Å². The van der Waals surface area contributed by atoms with Crippen molar-refractivity contribution >= 4 is 11.7 Å². The van der Waals surface area contributed by atoms with Gasteiger partial charge in [0, 0.05) is 17.8 Å². The number of halogens is 1. The van der Waals surface area contributed by atoms with Crippen LogP contribution in [0, 0.1) is 19.7 Å². The van der Waals surface area contributed by atoms with E-state index in [-0.39, 0.29) is 17.9 Å². The minimum absolute atomic E-state index is 0.152. The molecular weight excluding hydrogens is 371 g/mol. The Bertz CT molecular complexity index is 980. The molecule has 2 aromatic carbocycles. The van der Waals surface area contributed by atoms with Gasteiger partial charge in [-0.25, -0.2) is 14.2 Å². The van der Waals surface area contributed by atoms with E-state index in [1.54, 1.807) is 18.2 Å². The number of aryl methyl sites for hydroxylation is 2. The second-order valence-electron chi connectivity index (χ2n) is 7.11. The van der Waals surface area contributed by atoms with Crippen LogP contribution in [-0.2, 0) is 0 Å². The number of nitrogens with one attached hydrogen (secondary N) is 2. The molecule has 152 valence electrons. The highest BCUT2D eigenvalue weighted by Gasteiger charge is 2.16. The summed E-state index contributed by atoms with van der Waals surface area (Å²) in [6, 6.07) is 13.2. The quantitative estimate of drug-likeness (QED) is 0.643. The zero-order valence-electron chi connectivity index (χ0n) is 17.0. The molecule has 0 aliphatic heterocycles. The van der Waals surface area contributed by atoms with Gasteiger partial charge in [0.1, 0.15) is 11.6 Å². The lowest BCUT2D eigenvalue weighted by molar-refractivity contribution is 0.243. The fraction of sp³-hybridized carbons (Fsp3) is 0.273. The van der Waals surface area contributed by atoms with Crippen molar-refractivity contribution in [2.24, 2.45) is 0 Å². The Balaban J connectivity index is 1.65. The highest BCUT2D eigenvalue weighted by Crippen LogP contribution is 2.24. The standard InChI is InChI=1S/C22H25FN4O2/c1-14-15(2)29-21(25-14)17-8-6-10-19(12-17)26-22(28)24-13-20(27(3)4)16-7-5-9-18(23)11-16/h5-12,20H,13H2,1-4H3,(H2,24,26,28). The van der Waals surface area contributed by atoms with Gasteiger partial charge in [-0.1, -0.05) is 18.2 Å². The molecule has 29 heavy (non-hydrogen) atoms. The lowest BCUT2D eigenvalue weighted by Crippen LogP contribution is -2.36. The fourth-order valence-electron chi connectivity index (χ4n) is 3.00. The number of carbonyl (C=O) groups excluding carboxylic acids is 1. The van der Waals surface area contributed by atoms with Crippen LogP contribution in [0.1, 0.15) is 23.1 Å². The third kappa shape index (κ3) is 5.20. The molecule has 7 heteroatoms. The van der Waals surface area contributed by atoms with Crippen LogP contribution >= 0.6 is 0 Å². The van der Waals surface area contributed by atoms with Crippen LogP contribution in [0.2, 0.25) is 0 Å². The maximum Gasteiger partial charge on any atom is 0.319 e. The van der Waals surface area contributed by atoms with E-state index in [1.165, 1.54) is 12.1 Å². The van der Waals surface area contributed by atoms with Gasteiger partial charge in [-0.15, -0.1) is 0 Å². The Morgan fingerprint density at radius 3 is 2.59 bits per heavy atom. The summed E-state index contributed by atoms with van der Waals surface area (Å²) in [6.45, 7) is 4.08. The number of rotatable bonds is 6. The average Bonchev–Trinajstić information content (AvgIpc) is 3.01. The maximum absolute atomic E-state index is 13.6. The second-order valence-corrected chi connectivity index (χ2v) is 7.11. The zero-order valence-corrected chi connectivity index (χ0v) is 17.0. The van der Waals surface area contributed by atoms with Gasteiger partial charge in [-0.05, 0) is 63.8 Å². The summed E-state index contributed by atoms with van der Waals surface area (Å²) in [5.74, 6) is 0.985. The topological polar surface area (TPSA) is 70.4 Å². The summed E-state index contributed by atoms with van der Waals surface area (Å²) in [5.41, 5.74) is 3.04. The van der Waals surface area contributed by atoms with E-state index in [4.69, 9.17) is 4.42 Å². The molecule has 6 nitrogen and oxygen atoms in total. The monoisotopic (exact) mass is 396 g/mol. The first kappa shape index (κ1) is 20.5. The normalized spacial score (nSPS) is 12.1. The number of amides is 2. The number of benzene rings is 2. The number of anilines is 1. The summed E-state index contributed by atoms with van der Waals surface area (Å²) in [4.78, 5) is 18.7. The maximum atomic E-state index is 13.6. The molecule has 2 N–H and O–H groups in total. The number of likely N-dealkylation sites (N-methyl/N-ethyl adjacent to an activating group) is 1. The predicted octanol–water partition coefficient (Wildman–Crippen LogP) is 4.52. The number of urea groups is 1. The third-order valence-electron chi connectivity index (χ3n) is 4.71. The van der Waals surface area contributed by atoms with Gasteiger partial charge in [0.05, 0.1) is 11.7 Å². The Labute approximate surface area is 169 Å².